The van der Waals surface area contributed by atoms with Crippen molar-refractivity contribution in [1.29, 1.82) is 5.26 Å². The number of rotatable bonds is 6. The van der Waals surface area contributed by atoms with Crippen LogP contribution in [0.4, 0.5) is 0 Å². The number of hydrogen-bond acceptors (Lipinski definition) is 6. The molecule has 0 radical (unpaired) electrons. The van der Waals surface area contributed by atoms with Gasteiger partial charge >= 0.3 is 0 Å². The molecule has 8 heteroatoms. The number of piperazine rings is 1. The number of nitrogens with zero attached hydrogens (tertiary/aromatic N) is 4. The highest BCUT2D eigenvalue weighted by atomic mass is 35.5. The Hall–Kier alpha value is -2.69. The fourth-order valence-electron chi connectivity index (χ4n) is 3.70. The van der Waals surface area contributed by atoms with Gasteiger partial charge in [-0.1, -0.05) is 40.5 Å². The zero-order valence-electron chi connectivity index (χ0n) is 16.7. The second-order valence-corrected chi connectivity index (χ2v) is 8.33. The van der Waals surface area contributed by atoms with Crippen molar-refractivity contribution in [3.8, 4) is 17.3 Å². The molecule has 6 nitrogen and oxygen atoms in total. The minimum absolute atomic E-state index is 0.0579. The maximum Gasteiger partial charge on any atom is 0.182 e. The van der Waals surface area contributed by atoms with Crippen LogP contribution < -0.4 is 0 Å². The summed E-state index contributed by atoms with van der Waals surface area (Å²) in [5.74, 6) is -0.0579. The molecule has 0 aliphatic carbocycles. The highest BCUT2D eigenvalue weighted by molar-refractivity contribution is 6.36. The van der Waals surface area contributed by atoms with Gasteiger partial charge in [0, 0.05) is 43.3 Å². The summed E-state index contributed by atoms with van der Waals surface area (Å²) >= 11 is 12.2. The second-order valence-electron chi connectivity index (χ2n) is 7.49. The molecule has 3 aromatic rings. The molecule has 158 valence electrons. The van der Waals surface area contributed by atoms with Gasteiger partial charge < -0.3 is 4.52 Å². The van der Waals surface area contributed by atoms with Gasteiger partial charge in [0.15, 0.2) is 5.78 Å². The Morgan fingerprint density at radius 3 is 2.61 bits per heavy atom. The summed E-state index contributed by atoms with van der Waals surface area (Å²) in [6.45, 7) is 4.35. The molecule has 0 amide bonds. The first-order chi connectivity index (χ1) is 15.0. The third-order valence-electron chi connectivity index (χ3n) is 5.35. The van der Waals surface area contributed by atoms with Crippen LogP contribution in [-0.4, -0.2) is 53.5 Å². The van der Waals surface area contributed by atoms with Crippen LogP contribution in [0.3, 0.4) is 0 Å². The Balaban J connectivity index is 1.36. The fourth-order valence-corrected chi connectivity index (χ4v) is 4.20. The lowest BCUT2D eigenvalue weighted by atomic mass is 10.0. The normalized spacial score (nSPS) is 15.0. The molecule has 2 aromatic carbocycles. The number of ketones is 1. The maximum absolute atomic E-state index is 12.9. The number of carbonyl (C=O) groups excluding carboxylic acids is 1. The topological polar surface area (TPSA) is 73.4 Å². The van der Waals surface area contributed by atoms with Crippen molar-refractivity contribution < 1.29 is 9.32 Å². The van der Waals surface area contributed by atoms with Crippen LogP contribution in [0.15, 0.2) is 53.3 Å². The third-order valence-corrected chi connectivity index (χ3v) is 5.90. The molecule has 1 fully saturated rings. The smallest absolute Gasteiger partial charge is 0.182 e. The van der Waals surface area contributed by atoms with E-state index in [1.54, 1.807) is 18.2 Å². The Kier molecular flexibility index (Phi) is 6.69. The SMILES string of the molecule is N#Cc1cccc(CN2CCN(CC(=O)c3conc3-c3ccc(Cl)cc3Cl)CC2)c1. The first kappa shape index (κ1) is 21.5. The zero-order chi connectivity index (χ0) is 21.8. The van der Waals surface area contributed by atoms with E-state index in [1.165, 1.54) is 6.26 Å². The fraction of sp³-hybridized carbons (Fsp3) is 0.261. The van der Waals surface area contributed by atoms with Crippen molar-refractivity contribution in [3.05, 3.63) is 75.5 Å². The van der Waals surface area contributed by atoms with Gasteiger partial charge in [-0.3, -0.25) is 14.6 Å². The number of hydrogen-bond donors (Lipinski definition) is 0. The molecule has 0 atom stereocenters. The van der Waals surface area contributed by atoms with Crippen LogP contribution in [0.1, 0.15) is 21.5 Å². The summed E-state index contributed by atoms with van der Waals surface area (Å²) < 4.78 is 5.09. The van der Waals surface area contributed by atoms with Crippen LogP contribution in [0.2, 0.25) is 10.0 Å². The Morgan fingerprint density at radius 2 is 1.87 bits per heavy atom. The average molecular weight is 455 g/mol. The maximum atomic E-state index is 12.9. The molecule has 1 aromatic heterocycles. The molecule has 4 rings (SSSR count). The highest BCUT2D eigenvalue weighted by Gasteiger charge is 2.24. The largest absolute Gasteiger partial charge is 0.363 e. The van der Waals surface area contributed by atoms with Gasteiger partial charge in [0.05, 0.1) is 28.8 Å². The van der Waals surface area contributed by atoms with Gasteiger partial charge in [-0.2, -0.15) is 5.26 Å². The molecule has 0 spiro atoms. The molecule has 1 saturated heterocycles. The molecular formula is C23H20Cl2N4O2. The van der Waals surface area contributed by atoms with Gasteiger partial charge in [-0.05, 0) is 35.9 Å². The van der Waals surface area contributed by atoms with Crippen molar-refractivity contribution in [2.75, 3.05) is 32.7 Å². The van der Waals surface area contributed by atoms with Crippen molar-refractivity contribution >= 4 is 29.0 Å². The van der Waals surface area contributed by atoms with E-state index in [-0.39, 0.29) is 12.3 Å². The number of aromatic nitrogens is 1. The standard InChI is InChI=1S/C23H20Cl2N4O2/c24-18-4-5-19(21(25)11-18)23-20(15-31-27-23)22(30)14-29-8-6-28(7-9-29)13-17-3-1-2-16(10-17)12-26/h1-5,10-11,15H,6-9,13-14H2. The first-order valence-corrected chi connectivity index (χ1v) is 10.7. The van der Waals surface area contributed by atoms with Crippen molar-refractivity contribution in [3.63, 3.8) is 0 Å². The van der Waals surface area contributed by atoms with Gasteiger partial charge in [-0.25, -0.2) is 0 Å². The molecule has 2 heterocycles. The minimum Gasteiger partial charge on any atom is -0.363 e. The third kappa shape index (κ3) is 5.15. The molecule has 1 aliphatic rings. The average Bonchev–Trinajstić information content (AvgIpc) is 3.25. The molecule has 0 bridgehead atoms. The van der Waals surface area contributed by atoms with Gasteiger partial charge in [0.25, 0.3) is 0 Å². The number of benzene rings is 2. The summed E-state index contributed by atoms with van der Waals surface area (Å²) in [4.78, 5) is 17.4. The summed E-state index contributed by atoms with van der Waals surface area (Å²) in [5, 5.41) is 14.0. The van der Waals surface area contributed by atoms with E-state index in [0.717, 1.165) is 38.3 Å². The van der Waals surface area contributed by atoms with E-state index in [9.17, 15) is 4.79 Å². The van der Waals surface area contributed by atoms with E-state index < -0.39 is 0 Å². The second kappa shape index (κ2) is 9.63. The molecule has 1 aliphatic heterocycles. The van der Waals surface area contributed by atoms with E-state index in [2.05, 4.69) is 21.0 Å². The molecule has 0 N–H and O–H groups in total. The first-order valence-electron chi connectivity index (χ1n) is 9.90. The number of carbonyl (C=O) groups is 1. The zero-order valence-corrected chi connectivity index (χ0v) is 18.2. The summed E-state index contributed by atoms with van der Waals surface area (Å²) in [7, 11) is 0. The lowest BCUT2D eigenvalue weighted by molar-refractivity contribution is 0.0843. The van der Waals surface area contributed by atoms with Gasteiger partial charge in [0.2, 0.25) is 0 Å². The molecule has 0 saturated carbocycles. The number of nitriles is 1. The molecule has 0 unspecified atom stereocenters. The summed E-state index contributed by atoms with van der Waals surface area (Å²) in [6, 6.07) is 14.9. The van der Waals surface area contributed by atoms with Crippen LogP contribution >= 0.6 is 23.2 Å². The number of Topliss-reactive ketones (excluding diaryl/α,β-unsaturated/α-hetero) is 1. The van der Waals surface area contributed by atoms with E-state index >= 15 is 0 Å². The van der Waals surface area contributed by atoms with Crippen molar-refractivity contribution in [2.24, 2.45) is 0 Å². The Labute approximate surface area is 190 Å². The van der Waals surface area contributed by atoms with Crippen LogP contribution in [0.25, 0.3) is 11.3 Å². The Morgan fingerprint density at radius 1 is 1.10 bits per heavy atom. The van der Waals surface area contributed by atoms with E-state index in [1.807, 2.05) is 24.3 Å². The lowest BCUT2D eigenvalue weighted by Crippen LogP contribution is -2.47. The van der Waals surface area contributed by atoms with E-state index in [4.69, 9.17) is 33.0 Å². The van der Waals surface area contributed by atoms with E-state index in [0.29, 0.717) is 32.4 Å². The number of halogens is 2. The van der Waals surface area contributed by atoms with Gasteiger partial charge in [-0.15, -0.1) is 0 Å². The summed E-state index contributed by atoms with van der Waals surface area (Å²) in [5.41, 5.74) is 3.26. The predicted molar refractivity (Wildman–Crippen MR) is 119 cm³/mol. The van der Waals surface area contributed by atoms with Crippen LogP contribution in [0.5, 0.6) is 0 Å². The van der Waals surface area contributed by atoms with Gasteiger partial charge in [0.1, 0.15) is 12.0 Å². The monoisotopic (exact) mass is 454 g/mol. The predicted octanol–water partition coefficient (Wildman–Crippen LogP) is 4.52. The quantitative estimate of drug-likeness (QED) is 0.509. The molecular weight excluding hydrogens is 435 g/mol. The summed E-state index contributed by atoms with van der Waals surface area (Å²) in [6.07, 6.45) is 1.38. The lowest BCUT2D eigenvalue weighted by Gasteiger charge is -2.34. The van der Waals surface area contributed by atoms with Crippen molar-refractivity contribution in [2.45, 2.75) is 6.54 Å². The Bertz CT molecular complexity index is 1130. The minimum atomic E-state index is -0.0579. The molecule has 31 heavy (non-hydrogen) atoms. The van der Waals surface area contributed by atoms with Crippen LogP contribution in [-0.2, 0) is 6.54 Å². The van der Waals surface area contributed by atoms with Crippen LogP contribution in [0, 0.1) is 11.3 Å². The van der Waals surface area contributed by atoms with Crippen molar-refractivity contribution in [1.82, 2.24) is 15.0 Å². The highest BCUT2D eigenvalue weighted by Crippen LogP contribution is 2.31.